The molecule has 0 unspecified atom stereocenters. The largest absolute Gasteiger partial charge is 0.384 e. The Hall–Kier alpha value is -3.27. The van der Waals surface area contributed by atoms with E-state index in [0.717, 1.165) is 0 Å². The third-order valence-corrected chi connectivity index (χ3v) is 7.29. The van der Waals surface area contributed by atoms with E-state index in [4.69, 9.17) is 28.9 Å². The first-order valence-corrected chi connectivity index (χ1v) is 10.9. The molecule has 1 aliphatic carbocycles. The van der Waals surface area contributed by atoms with Gasteiger partial charge >= 0.3 is 0 Å². The lowest BCUT2D eigenvalue weighted by Gasteiger charge is -2.44. The highest BCUT2D eigenvalue weighted by Crippen LogP contribution is 2.56. The van der Waals surface area contributed by atoms with Gasteiger partial charge in [0.15, 0.2) is 5.78 Å². The lowest BCUT2D eigenvalue weighted by Crippen LogP contribution is -2.52. The number of Topliss-reactive ketones (excluding diaryl/α,β-unsaturated/α-hetero) is 1. The number of rotatable bonds is 1. The smallest absolute Gasteiger partial charge is 0.247 e. The van der Waals surface area contributed by atoms with Crippen molar-refractivity contribution in [1.29, 1.82) is 5.26 Å². The molecule has 32 heavy (non-hydrogen) atoms. The van der Waals surface area contributed by atoms with Gasteiger partial charge in [-0.1, -0.05) is 47.5 Å². The number of nitrogens with two attached hydrogens (primary N) is 1. The molecule has 2 N–H and O–H groups in total. The van der Waals surface area contributed by atoms with Crippen LogP contribution in [-0.2, 0) is 15.0 Å². The first-order chi connectivity index (χ1) is 15.4. The minimum Gasteiger partial charge on any atom is -0.384 e. The number of nitrogens with zero attached hydrogens (tertiary/aromatic N) is 3. The lowest BCUT2D eigenvalue weighted by atomic mass is 9.64. The predicted octanol–water partition coefficient (Wildman–Crippen LogP) is 4.43. The van der Waals surface area contributed by atoms with E-state index in [0.29, 0.717) is 46.1 Å². The van der Waals surface area contributed by atoms with E-state index in [9.17, 15) is 14.9 Å². The van der Waals surface area contributed by atoms with Gasteiger partial charge in [-0.2, -0.15) is 5.26 Å². The summed E-state index contributed by atoms with van der Waals surface area (Å²) >= 11 is 12.8. The van der Waals surface area contributed by atoms with Crippen LogP contribution in [0.5, 0.6) is 0 Å². The minimum atomic E-state index is -1.57. The molecule has 160 valence electrons. The maximum atomic E-state index is 13.9. The van der Waals surface area contributed by atoms with Crippen LogP contribution in [0, 0.1) is 11.3 Å². The van der Waals surface area contributed by atoms with Gasteiger partial charge in [0.1, 0.15) is 17.3 Å². The van der Waals surface area contributed by atoms with Crippen LogP contribution in [0.15, 0.2) is 65.1 Å². The van der Waals surface area contributed by atoms with Crippen molar-refractivity contribution in [2.24, 2.45) is 5.73 Å². The van der Waals surface area contributed by atoms with Gasteiger partial charge < -0.3 is 10.6 Å². The molecule has 1 amide bonds. The van der Waals surface area contributed by atoms with Crippen molar-refractivity contribution >= 4 is 46.3 Å². The molecular formula is C24H18Cl2N4O2. The number of anilines is 2. The average molecular weight is 465 g/mol. The summed E-state index contributed by atoms with van der Waals surface area (Å²) < 4.78 is 0. The number of allylic oxidation sites excluding steroid dienone is 1. The summed E-state index contributed by atoms with van der Waals surface area (Å²) in [6.45, 7) is 0. The maximum Gasteiger partial charge on any atom is 0.247 e. The highest BCUT2D eigenvalue weighted by Gasteiger charge is 2.61. The van der Waals surface area contributed by atoms with Crippen LogP contribution in [0.4, 0.5) is 11.4 Å². The molecule has 0 saturated heterocycles. The van der Waals surface area contributed by atoms with Crippen molar-refractivity contribution in [3.05, 3.63) is 80.7 Å². The second-order valence-electron chi connectivity index (χ2n) is 8.01. The highest BCUT2D eigenvalue weighted by molar-refractivity contribution is 6.43. The Morgan fingerprint density at radius 2 is 1.78 bits per heavy atom. The van der Waals surface area contributed by atoms with Crippen LogP contribution in [-0.4, -0.2) is 18.7 Å². The van der Waals surface area contributed by atoms with Gasteiger partial charge in [0, 0.05) is 36.0 Å². The maximum absolute atomic E-state index is 13.9. The number of ketones is 1. The molecule has 5 rings (SSSR count). The third kappa shape index (κ3) is 2.41. The van der Waals surface area contributed by atoms with Gasteiger partial charge in [0.05, 0.1) is 21.3 Å². The molecule has 2 aromatic rings. The molecule has 2 heterocycles. The summed E-state index contributed by atoms with van der Waals surface area (Å²) in [5, 5.41) is 10.9. The molecule has 6 nitrogen and oxygen atoms in total. The van der Waals surface area contributed by atoms with Crippen LogP contribution in [0.25, 0.3) is 0 Å². The fraction of sp³-hybridized carbons (Fsp3) is 0.208. The van der Waals surface area contributed by atoms with Gasteiger partial charge in [-0.25, -0.2) is 0 Å². The molecule has 1 atom stereocenters. The summed E-state index contributed by atoms with van der Waals surface area (Å²) in [6, 6.07) is 14.5. The van der Waals surface area contributed by atoms with E-state index in [1.165, 1.54) is 4.90 Å². The van der Waals surface area contributed by atoms with E-state index >= 15 is 0 Å². The van der Waals surface area contributed by atoms with Gasteiger partial charge in [-0.3, -0.25) is 14.5 Å². The molecule has 8 heteroatoms. The quantitative estimate of drug-likeness (QED) is 0.673. The van der Waals surface area contributed by atoms with Crippen LogP contribution >= 0.6 is 23.2 Å². The van der Waals surface area contributed by atoms with Crippen LogP contribution in [0.3, 0.4) is 0 Å². The van der Waals surface area contributed by atoms with Crippen LogP contribution < -0.4 is 15.5 Å². The normalized spacial score (nSPS) is 22.4. The number of benzene rings is 2. The Morgan fingerprint density at radius 3 is 2.53 bits per heavy atom. The van der Waals surface area contributed by atoms with E-state index in [2.05, 4.69) is 6.07 Å². The Kier molecular flexibility index (Phi) is 4.59. The number of likely N-dealkylation sites (N-methyl/N-ethyl adjacent to an activating group) is 1. The lowest BCUT2D eigenvalue weighted by molar-refractivity contribution is -0.124. The number of nitriles is 1. The first-order valence-electron chi connectivity index (χ1n) is 10.1. The van der Waals surface area contributed by atoms with E-state index < -0.39 is 5.41 Å². The number of carbonyl (C=O) groups is 2. The molecule has 2 aliphatic heterocycles. The second-order valence-corrected chi connectivity index (χ2v) is 8.80. The van der Waals surface area contributed by atoms with E-state index in [1.807, 2.05) is 6.07 Å². The van der Waals surface area contributed by atoms with Crippen molar-refractivity contribution < 1.29 is 9.59 Å². The Labute approximate surface area is 195 Å². The third-order valence-electron chi connectivity index (χ3n) is 6.48. The van der Waals surface area contributed by atoms with E-state index in [1.54, 1.807) is 48.3 Å². The van der Waals surface area contributed by atoms with Crippen molar-refractivity contribution in [2.45, 2.75) is 24.7 Å². The van der Waals surface area contributed by atoms with Crippen LogP contribution in [0.1, 0.15) is 24.8 Å². The van der Waals surface area contributed by atoms with Gasteiger partial charge in [-0.15, -0.1) is 0 Å². The van der Waals surface area contributed by atoms with Gasteiger partial charge in [0.25, 0.3) is 0 Å². The summed E-state index contributed by atoms with van der Waals surface area (Å²) in [5.41, 5.74) is 7.66. The molecule has 0 bridgehead atoms. The molecule has 2 aromatic carbocycles. The van der Waals surface area contributed by atoms with Crippen LogP contribution in [0.2, 0.25) is 10.0 Å². The average Bonchev–Trinajstić information content (AvgIpc) is 3.00. The SMILES string of the molecule is CN1C(=O)[C@]2(C(C#N)=C(N)N(c3cccc(Cl)c3Cl)C3=C2C(=O)CCC3)c2ccccc21. The number of carbonyl (C=O) groups excluding carboxylic acids is 2. The Bertz CT molecular complexity index is 1320. The molecule has 0 fully saturated rings. The number of hydrogen-bond acceptors (Lipinski definition) is 5. The van der Waals surface area contributed by atoms with Crippen molar-refractivity contribution in [1.82, 2.24) is 0 Å². The van der Waals surface area contributed by atoms with Crippen molar-refractivity contribution in [3.8, 4) is 6.07 Å². The standard InChI is InChI=1S/C24H18Cl2N4O2/c1-29-16-8-3-2-6-13(16)24(23(29)32)14(12-27)22(28)30(17-9-5-11-19(31)20(17)24)18-10-4-7-15(25)21(18)26/h2-4,6-8,10H,5,9,11,28H2,1H3/t24-/m0/s1. The fourth-order valence-electron chi connectivity index (χ4n) is 5.17. The summed E-state index contributed by atoms with van der Waals surface area (Å²) in [5.74, 6) is -0.463. The summed E-state index contributed by atoms with van der Waals surface area (Å²) in [4.78, 5) is 30.4. The fourth-order valence-corrected chi connectivity index (χ4v) is 5.55. The van der Waals surface area contributed by atoms with Crippen molar-refractivity contribution in [3.63, 3.8) is 0 Å². The highest BCUT2D eigenvalue weighted by atomic mass is 35.5. The molecular weight excluding hydrogens is 447 g/mol. The number of hydrogen-bond donors (Lipinski definition) is 1. The summed E-state index contributed by atoms with van der Waals surface area (Å²) in [7, 11) is 1.65. The van der Waals surface area contributed by atoms with Crippen molar-refractivity contribution in [2.75, 3.05) is 16.8 Å². The van der Waals surface area contributed by atoms with Gasteiger partial charge in [-0.05, 0) is 31.0 Å². The predicted molar refractivity (Wildman–Crippen MR) is 123 cm³/mol. The van der Waals surface area contributed by atoms with E-state index in [-0.39, 0.29) is 34.5 Å². The monoisotopic (exact) mass is 464 g/mol. The molecule has 0 radical (unpaired) electrons. The zero-order valence-electron chi connectivity index (χ0n) is 17.2. The van der Waals surface area contributed by atoms with Gasteiger partial charge in [0.2, 0.25) is 5.91 Å². The summed E-state index contributed by atoms with van der Waals surface area (Å²) in [6.07, 6.45) is 1.39. The number of halogens is 2. The molecule has 3 aliphatic rings. The minimum absolute atomic E-state index is 0.0179. The molecule has 0 saturated carbocycles. The number of para-hydroxylation sites is 1. The number of amides is 1. The Balaban J connectivity index is 1.92. The Morgan fingerprint density at radius 1 is 1.06 bits per heavy atom. The second kappa shape index (κ2) is 7.13. The zero-order chi connectivity index (χ0) is 22.8. The number of fused-ring (bicyclic) bond motifs is 3. The topological polar surface area (TPSA) is 90.4 Å². The molecule has 1 spiro atoms. The molecule has 0 aromatic heterocycles. The first kappa shape index (κ1) is 20.6. The zero-order valence-corrected chi connectivity index (χ0v) is 18.7.